The number of rotatable bonds is 7. The molecule has 0 aliphatic heterocycles. The molecule has 24 heavy (non-hydrogen) atoms. The minimum absolute atomic E-state index is 0.0277. The molecule has 1 N–H and O–H groups in total. The van der Waals surface area contributed by atoms with Crippen LogP contribution < -0.4 is 5.32 Å². The van der Waals surface area contributed by atoms with Crippen LogP contribution in [0.4, 0.5) is 0 Å². The first-order valence-corrected chi connectivity index (χ1v) is 9.55. The van der Waals surface area contributed by atoms with Gasteiger partial charge in [0.1, 0.15) is 4.88 Å². The van der Waals surface area contributed by atoms with Crippen molar-refractivity contribution in [2.24, 2.45) is 0 Å². The molecule has 1 aliphatic carbocycles. The molecule has 1 atom stereocenters. The molecule has 0 saturated heterocycles. The number of hydrogen-bond donors (Lipinski definition) is 1. The van der Waals surface area contributed by atoms with Gasteiger partial charge in [0.15, 0.2) is 0 Å². The van der Waals surface area contributed by atoms with Crippen molar-refractivity contribution in [3.8, 4) is 0 Å². The van der Waals surface area contributed by atoms with Crippen molar-refractivity contribution in [2.75, 3.05) is 13.2 Å². The maximum atomic E-state index is 12.6. The van der Waals surface area contributed by atoms with Gasteiger partial charge in [-0.25, -0.2) is 4.98 Å². The number of thiazole rings is 1. The molecule has 3 rings (SSSR count). The van der Waals surface area contributed by atoms with E-state index < -0.39 is 0 Å². The monoisotopic (exact) mass is 344 g/mol. The lowest BCUT2D eigenvalue weighted by Crippen LogP contribution is -2.29. The first kappa shape index (κ1) is 17.1. The van der Waals surface area contributed by atoms with E-state index in [1.165, 1.54) is 24.2 Å². The smallest absolute Gasteiger partial charge is 0.263 e. The molecule has 5 heteroatoms. The average Bonchev–Trinajstić information content (AvgIpc) is 3.29. The van der Waals surface area contributed by atoms with Gasteiger partial charge in [0.2, 0.25) is 0 Å². The predicted molar refractivity (Wildman–Crippen MR) is 96.5 cm³/mol. The fourth-order valence-corrected chi connectivity index (χ4v) is 4.11. The van der Waals surface area contributed by atoms with Crippen LogP contribution in [0.15, 0.2) is 35.8 Å². The molecule has 0 spiro atoms. The molecule has 0 radical (unpaired) electrons. The highest BCUT2D eigenvalue weighted by atomic mass is 32.1. The zero-order valence-corrected chi connectivity index (χ0v) is 14.8. The largest absolute Gasteiger partial charge is 0.372 e. The third kappa shape index (κ3) is 4.02. The van der Waals surface area contributed by atoms with E-state index in [1.54, 1.807) is 5.51 Å². The molecule has 1 amide bonds. The average molecular weight is 344 g/mol. The lowest BCUT2D eigenvalue weighted by Gasteiger charge is -2.18. The number of carbonyl (C=O) groups excluding carboxylic acids is 1. The Kier molecular flexibility index (Phi) is 5.99. The number of nitrogens with zero attached hydrogens (tertiary/aromatic N) is 1. The molecule has 2 aromatic rings. The first-order chi connectivity index (χ1) is 11.8. The normalized spacial score (nSPS) is 16.2. The summed E-state index contributed by atoms with van der Waals surface area (Å²) in [5, 5.41) is 3.04. The van der Waals surface area contributed by atoms with Crippen LogP contribution in [0, 0.1) is 0 Å². The third-order valence-electron chi connectivity index (χ3n) is 4.53. The first-order valence-electron chi connectivity index (χ1n) is 8.67. The van der Waals surface area contributed by atoms with Crippen molar-refractivity contribution < 1.29 is 9.53 Å². The molecule has 128 valence electrons. The van der Waals surface area contributed by atoms with E-state index in [1.807, 2.05) is 37.3 Å². The molecule has 1 aliphatic rings. The molecule has 0 unspecified atom stereocenters. The van der Waals surface area contributed by atoms with E-state index in [-0.39, 0.29) is 12.0 Å². The Balaban J connectivity index is 1.65. The minimum Gasteiger partial charge on any atom is -0.372 e. The van der Waals surface area contributed by atoms with Gasteiger partial charge in [-0.15, -0.1) is 11.3 Å². The molecule has 1 saturated carbocycles. The predicted octanol–water partition coefficient (Wildman–Crippen LogP) is 4.31. The van der Waals surface area contributed by atoms with Crippen LogP contribution in [-0.2, 0) is 4.74 Å². The number of amides is 1. The van der Waals surface area contributed by atoms with Gasteiger partial charge in [0.25, 0.3) is 5.91 Å². The van der Waals surface area contributed by atoms with Crippen LogP contribution in [0.1, 0.15) is 65.6 Å². The van der Waals surface area contributed by atoms with Crippen LogP contribution in [0.3, 0.4) is 0 Å². The Morgan fingerprint density at radius 1 is 1.33 bits per heavy atom. The molecule has 1 heterocycles. The van der Waals surface area contributed by atoms with E-state index in [2.05, 4.69) is 10.3 Å². The van der Waals surface area contributed by atoms with E-state index in [0.29, 0.717) is 19.1 Å². The molecule has 0 bridgehead atoms. The van der Waals surface area contributed by atoms with Crippen LogP contribution in [0.25, 0.3) is 0 Å². The standard InChI is InChI=1S/C19H24N2O2S/c1-2-23-16(14-8-4-3-5-9-14)12-20-19(22)18-17(21-13-24-18)15-10-6-7-11-15/h3-5,8-9,13,15-16H,2,6-7,10-12H2,1H3,(H,20,22)/t16-/m0/s1. The Labute approximate surface area is 147 Å². The summed E-state index contributed by atoms with van der Waals surface area (Å²) in [6, 6.07) is 10.0. The second-order valence-electron chi connectivity index (χ2n) is 6.11. The van der Waals surface area contributed by atoms with Gasteiger partial charge < -0.3 is 10.1 Å². The van der Waals surface area contributed by atoms with Crippen LogP contribution in [0.2, 0.25) is 0 Å². The second kappa shape index (κ2) is 8.40. The van der Waals surface area contributed by atoms with Gasteiger partial charge in [0, 0.05) is 19.1 Å². The Morgan fingerprint density at radius 3 is 2.79 bits per heavy atom. The fraction of sp³-hybridized carbons (Fsp3) is 0.474. The molecular weight excluding hydrogens is 320 g/mol. The molecule has 1 fully saturated rings. The molecular formula is C19H24N2O2S. The molecule has 1 aromatic carbocycles. The highest BCUT2D eigenvalue weighted by molar-refractivity contribution is 7.11. The third-order valence-corrected chi connectivity index (χ3v) is 5.37. The van der Waals surface area contributed by atoms with Gasteiger partial charge in [0.05, 0.1) is 17.3 Å². The summed E-state index contributed by atoms with van der Waals surface area (Å²) < 4.78 is 5.80. The van der Waals surface area contributed by atoms with Crippen molar-refractivity contribution in [2.45, 2.75) is 44.6 Å². The SMILES string of the molecule is CCO[C@@H](CNC(=O)c1scnc1C1CCCC1)c1ccccc1. The maximum Gasteiger partial charge on any atom is 0.263 e. The summed E-state index contributed by atoms with van der Waals surface area (Å²) in [5.41, 5.74) is 3.86. The quantitative estimate of drug-likeness (QED) is 0.814. The Bertz CT molecular complexity index is 650. The van der Waals surface area contributed by atoms with Crippen molar-refractivity contribution in [1.29, 1.82) is 0 Å². The number of nitrogens with one attached hydrogen (secondary N) is 1. The summed E-state index contributed by atoms with van der Waals surface area (Å²) in [7, 11) is 0. The van der Waals surface area contributed by atoms with Gasteiger partial charge in [-0.3, -0.25) is 4.79 Å². The Hall–Kier alpha value is -1.72. The van der Waals surface area contributed by atoms with E-state index in [0.717, 1.165) is 29.0 Å². The van der Waals surface area contributed by atoms with Gasteiger partial charge in [-0.2, -0.15) is 0 Å². The van der Waals surface area contributed by atoms with Gasteiger partial charge in [-0.05, 0) is 25.3 Å². The minimum atomic E-state index is -0.122. The van der Waals surface area contributed by atoms with E-state index in [9.17, 15) is 4.79 Å². The number of carbonyl (C=O) groups is 1. The summed E-state index contributed by atoms with van der Waals surface area (Å²) in [6.07, 6.45) is 4.65. The number of benzene rings is 1. The van der Waals surface area contributed by atoms with Crippen molar-refractivity contribution in [1.82, 2.24) is 10.3 Å². The maximum absolute atomic E-state index is 12.6. The van der Waals surface area contributed by atoms with Crippen molar-refractivity contribution >= 4 is 17.2 Å². The van der Waals surface area contributed by atoms with Crippen LogP contribution in [-0.4, -0.2) is 24.0 Å². The topological polar surface area (TPSA) is 51.2 Å². The molecule has 1 aromatic heterocycles. The van der Waals surface area contributed by atoms with Gasteiger partial charge in [-0.1, -0.05) is 43.2 Å². The van der Waals surface area contributed by atoms with Crippen LogP contribution >= 0.6 is 11.3 Å². The summed E-state index contributed by atoms with van der Waals surface area (Å²) >= 11 is 1.44. The summed E-state index contributed by atoms with van der Waals surface area (Å²) in [6.45, 7) is 3.06. The van der Waals surface area contributed by atoms with Crippen LogP contribution in [0.5, 0.6) is 0 Å². The zero-order valence-electron chi connectivity index (χ0n) is 14.0. The fourth-order valence-electron chi connectivity index (χ4n) is 3.32. The second-order valence-corrected chi connectivity index (χ2v) is 6.97. The summed E-state index contributed by atoms with van der Waals surface area (Å²) in [4.78, 5) is 17.9. The van der Waals surface area contributed by atoms with Gasteiger partial charge >= 0.3 is 0 Å². The number of aromatic nitrogens is 1. The number of ether oxygens (including phenoxy) is 1. The lowest BCUT2D eigenvalue weighted by molar-refractivity contribution is 0.0586. The zero-order chi connectivity index (χ0) is 16.8. The van der Waals surface area contributed by atoms with Crippen molar-refractivity contribution in [3.63, 3.8) is 0 Å². The van der Waals surface area contributed by atoms with Crippen molar-refractivity contribution in [3.05, 3.63) is 52.0 Å². The Morgan fingerprint density at radius 2 is 2.08 bits per heavy atom. The highest BCUT2D eigenvalue weighted by Crippen LogP contribution is 2.36. The number of hydrogen-bond acceptors (Lipinski definition) is 4. The molecule has 4 nitrogen and oxygen atoms in total. The highest BCUT2D eigenvalue weighted by Gasteiger charge is 2.25. The van der Waals surface area contributed by atoms with E-state index >= 15 is 0 Å². The lowest BCUT2D eigenvalue weighted by atomic mass is 10.0. The summed E-state index contributed by atoms with van der Waals surface area (Å²) in [5.74, 6) is 0.425. The van der Waals surface area contributed by atoms with E-state index in [4.69, 9.17) is 4.74 Å².